The summed E-state index contributed by atoms with van der Waals surface area (Å²) in [5.74, 6) is -0.470. The zero-order valence-electron chi connectivity index (χ0n) is 12.5. The molecule has 118 valence electrons. The van der Waals surface area contributed by atoms with Crippen molar-refractivity contribution in [2.75, 3.05) is 0 Å². The maximum atomic E-state index is 11.6. The van der Waals surface area contributed by atoms with Gasteiger partial charge in [-0.15, -0.1) is 0 Å². The van der Waals surface area contributed by atoms with Gasteiger partial charge < -0.3 is 10.1 Å². The van der Waals surface area contributed by atoms with Crippen molar-refractivity contribution in [3.63, 3.8) is 0 Å². The molecule has 0 aromatic rings. The van der Waals surface area contributed by atoms with Crippen molar-refractivity contribution in [2.45, 2.75) is 76.3 Å². The number of ether oxygens (including phenoxy) is 1. The molecule has 0 bridgehead atoms. The highest BCUT2D eigenvalue weighted by atomic mass is 35.5. The number of carbonyl (C=O) groups is 1. The summed E-state index contributed by atoms with van der Waals surface area (Å²) in [7, 11) is 0. The lowest BCUT2D eigenvalue weighted by atomic mass is 9.95. The van der Waals surface area contributed by atoms with Crippen molar-refractivity contribution in [3.05, 3.63) is 11.6 Å². The maximum absolute atomic E-state index is 11.6. The van der Waals surface area contributed by atoms with Crippen molar-refractivity contribution >= 4 is 23.6 Å². The topological polar surface area (TPSA) is 50.7 Å². The molecule has 0 atom stereocenters. The third-order valence-corrected chi connectivity index (χ3v) is 4.33. The molecule has 0 spiro atoms. The highest BCUT2D eigenvalue weighted by molar-refractivity contribution is 6.26. The molecule has 2 aliphatic carbocycles. The van der Waals surface area contributed by atoms with E-state index in [4.69, 9.17) is 16.3 Å². The van der Waals surface area contributed by atoms with Crippen LogP contribution in [0, 0.1) is 0 Å². The molecule has 0 aromatic carbocycles. The lowest BCUT2D eigenvalue weighted by Crippen LogP contribution is -2.39. The van der Waals surface area contributed by atoms with E-state index in [-0.39, 0.29) is 6.04 Å². The van der Waals surface area contributed by atoms with Gasteiger partial charge in [0.1, 0.15) is 0 Å². The van der Waals surface area contributed by atoms with Gasteiger partial charge in [0.2, 0.25) is 0 Å². The summed E-state index contributed by atoms with van der Waals surface area (Å²) in [4.78, 5) is 16.3. The van der Waals surface area contributed by atoms with Crippen molar-refractivity contribution in [2.24, 2.45) is 4.99 Å². The summed E-state index contributed by atoms with van der Waals surface area (Å²) in [6, 6.07) is 1.03. The zero-order valence-corrected chi connectivity index (χ0v) is 13.3. The van der Waals surface area contributed by atoms with Crippen LogP contribution in [0.2, 0.25) is 0 Å². The van der Waals surface area contributed by atoms with Gasteiger partial charge in [-0.25, -0.2) is 9.79 Å². The number of rotatable bonds is 3. The number of nitrogens with one attached hydrogen (secondary N) is 1. The standard InChI is InChI=1S/C16H25ClN2O2/c17-12-11-15(20)21-16(18-13-7-3-1-4-8-13)19-14-9-5-2-6-10-14/h11-14H,1-10H2,(H,18,19)/b12-11+. The Balaban J connectivity index is 1.97. The first kappa shape index (κ1) is 16.3. The number of halogens is 1. The Morgan fingerprint density at radius 1 is 1.05 bits per heavy atom. The van der Waals surface area contributed by atoms with Gasteiger partial charge in [0.25, 0.3) is 6.02 Å². The third-order valence-electron chi connectivity index (χ3n) is 4.20. The minimum absolute atomic E-state index is 0.276. The summed E-state index contributed by atoms with van der Waals surface area (Å²) in [6.45, 7) is 0. The lowest BCUT2D eigenvalue weighted by Gasteiger charge is -2.25. The van der Waals surface area contributed by atoms with E-state index in [0.717, 1.165) is 25.7 Å². The number of hydrogen-bond acceptors (Lipinski definition) is 3. The second-order valence-corrected chi connectivity index (χ2v) is 6.17. The van der Waals surface area contributed by atoms with Crippen LogP contribution in [-0.4, -0.2) is 24.1 Å². The summed E-state index contributed by atoms with van der Waals surface area (Å²) < 4.78 is 5.33. The van der Waals surface area contributed by atoms with E-state index >= 15 is 0 Å². The number of esters is 1. The SMILES string of the molecule is O=C(/C=C/Cl)OC(=NC1CCCCC1)NC1CCCCC1. The predicted octanol–water partition coefficient (Wildman–Crippen LogP) is 3.89. The zero-order chi connectivity index (χ0) is 14.9. The van der Waals surface area contributed by atoms with Gasteiger partial charge in [0.15, 0.2) is 0 Å². The fraction of sp³-hybridized carbons (Fsp3) is 0.750. The minimum Gasteiger partial charge on any atom is -0.389 e. The normalized spacial score (nSPS) is 22.4. The largest absolute Gasteiger partial charge is 0.389 e. The molecule has 21 heavy (non-hydrogen) atoms. The van der Waals surface area contributed by atoms with Crippen LogP contribution in [0.25, 0.3) is 0 Å². The van der Waals surface area contributed by atoms with Gasteiger partial charge in [0, 0.05) is 17.7 Å². The molecule has 4 nitrogen and oxygen atoms in total. The monoisotopic (exact) mass is 312 g/mol. The van der Waals surface area contributed by atoms with Crippen molar-refractivity contribution in [3.8, 4) is 0 Å². The van der Waals surface area contributed by atoms with E-state index in [1.807, 2.05) is 0 Å². The second kappa shape index (κ2) is 9.08. The molecule has 1 N–H and O–H groups in total. The van der Waals surface area contributed by atoms with Crippen LogP contribution in [0.4, 0.5) is 0 Å². The van der Waals surface area contributed by atoms with Gasteiger partial charge in [0.05, 0.1) is 6.04 Å². The lowest BCUT2D eigenvalue weighted by molar-refractivity contribution is -0.130. The average molecular weight is 313 g/mol. The summed E-state index contributed by atoms with van der Waals surface area (Å²) in [5, 5.41) is 3.32. The van der Waals surface area contributed by atoms with Gasteiger partial charge in [-0.05, 0) is 25.7 Å². The van der Waals surface area contributed by atoms with E-state index in [2.05, 4.69) is 10.3 Å². The molecular weight excluding hydrogens is 288 g/mol. The molecular formula is C16H25ClN2O2. The van der Waals surface area contributed by atoms with Crippen LogP contribution < -0.4 is 5.32 Å². The second-order valence-electron chi connectivity index (χ2n) is 5.92. The van der Waals surface area contributed by atoms with Crippen LogP contribution >= 0.6 is 11.6 Å². The molecule has 2 aliphatic rings. The molecule has 5 heteroatoms. The molecule has 2 saturated carbocycles. The van der Waals surface area contributed by atoms with E-state index in [9.17, 15) is 4.79 Å². The molecule has 0 aromatic heterocycles. The van der Waals surface area contributed by atoms with Crippen LogP contribution in [-0.2, 0) is 9.53 Å². The Labute approximate surface area is 132 Å². The first-order chi connectivity index (χ1) is 10.3. The van der Waals surface area contributed by atoms with Gasteiger partial charge in [-0.2, -0.15) is 0 Å². The Hall–Kier alpha value is -1.03. The molecule has 0 saturated heterocycles. The molecule has 0 unspecified atom stereocenters. The smallest absolute Gasteiger partial charge is 0.339 e. The van der Waals surface area contributed by atoms with Crippen LogP contribution in [0.1, 0.15) is 64.2 Å². The van der Waals surface area contributed by atoms with Crippen LogP contribution in [0.15, 0.2) is 16.6 Å². The number of carbonyl (C=O) groups excluding carboxylic acids is 1. The summed E-state index contributed by atoms with van der Waals surface area (Å²) >= 11 is 5.42. The van der Waals surface area contributed by atoms with Gasteiger partial charge >= 0.3 is 5.97 Å². The fourth-order valence-electron chi connectivity index (χ4n) is 3.07. The highest BCUT2D eigenvalue weighted by Crippen LogP contribution is 2.21. The predicted molar refractivity (Wildman–Crippen MR) is 85.4 cm³/mol. The molecule has 2 fully saturated rings. The molecule has 0 heterocycles. The number of nitrogens with zero attached hydrogens (tertiary/aromatic N) is 1. The number of aliphatic imine (C=N–C) groups is 1. The molecule has 0 radical (unpaired) electrons. The van der Waals surface area contributed by atoms with Crippen LogP contribution in [0.3, 0.4) is 0 Å². The molecule has 0 aliphatic heterocycles. The van der Waals surface area contributed by atoms with Crippen LogP contribution in [0.5, 0.6) is 0 Å². The Morgan fingerprint density at radius 2 is 1.67 bits per heavy atom. The first-order valence-electron chi connectivity index (χ1n) is 8.11. The Kier molecular flexibility index (Phi) is 7.07. The van der Waals surface area contributed by atoms with Crippen molar-refractivity contribution in [1.29, 1.82) is 0 Å². The first-order valence-corrected chi connectivity index (χ1v) is 8.54. The number of amidine groups is 1. The summed E-state index contributed by atoms with van der Waals surface area (Å²) in [6.07, 6.45) is 13.1. The Morgan fingerprint density at radius 3 is 2.29 bits per heavy atom. The highest BCUT2D eigenvalue weighted by Gasteiger charge is 2.19. The quantitative estimate of drug-likeness (QED) is 0.372. The third kappa shape index (κ3) is 6.08. The van der Waals surface area contributed by atoms with Gasteiger partial charge in [-0.3, -0.25) is 0 Å². The Bertz CT molecular complexity index is 384. The average Bonchev–Trinajstić information content (AvgIpc) is 2.49. The number of hydrogen-bond donors (Lipinski definition) is 1. The molecule has 2 rings (SSSR count). The minimum atomic E-state index is -0.470. The van der Waals surface area contributed by atoms with Crippen molar-refractivity contribution in [1.82, 2.24) is 5.32 Å². The fourth-order valence-corrected chi connectivity index (χ4v) is 3.17. The van der Waals surface area contributed by atoms with E-state index < -0.39 is 5.97 Å². The summed E-state index contributed by atoms with van der Waals surface area (Å²) in [5.41, 5.74) is 1.17. The van der Waals surface area contributed by atoms with E-state index in [0.29, 0.717) is 12.1 Å². The molecule has 0 amide bonds. The van der Waals surface area contributed by atoms with Gasteiger partial charge in [-0.1, -0.05) is 50.1 Å². The van der Waals surface area contributed by atoms with Crippen molar-refractivity contribution < 1.29 is 9.53 Å². The van der Waals surface area contributed by atoms with E-state index in [1.165, 1.54) is 50.1 Å². The maximum Gasteiger partial charge on any atom is 0.339 e. The van der Waals surface area contributed by atoms with E-state index in [1.54, 1.807) is 0 Å².